The van der Waals surface area contributed by atoms with Gasteiger partial charge in [-0.05, 0) is 36.8 Å². The van der Waals surface area contributed by atoms with Gasteiger partial charge in [0.05, 0.1) is 16.7 Å². The minimum Gasteiger partial charge on any atom is -0.508 e. The van der Waals surface area contributed by atoms with Crippen molar-refractivity contribution < 1.29 is 54.8 Å². The lowest BCUT2D eigenvalue weighted by atomic mass is 9.68. The number of ether oxygens (including phenoxy) is 2. The molecule has 1 saturated heterocycles. The van der Waals surface area contributed by atoms with Crippen LogP contribution in [0.15, 0.2) is 54.6 Å². The third-order valence-corrected chi connectivity index (χ3v) is 6.85. The summed E-state index contributed by atoms with van der Waals surface area (Å²) >= 11 is 0. The Morgan fingerprint density at radius 3 is 2.13 bits per heavy atom. The van der Waals surface area contributed by atoms with Crippen LogP contribution in [0.2, 0.25) is 0 Å². The summed E-state index contributed by atoms with van der Waals surface area (Å²) in [5.74, 6) is -3.64. The lowest BCUT2D eigenvalue weighted by molar-refractivity contribution is -0.308. The summed E-state index contributed by atoms with van der Waals surface area (Å²) in [4.78, 5) is 26.0. The number of aromatic hydroxyl groups is 3. The molecule has 3 aromatic carbocycles. The molecule has 0 unspecified atom stereocenters. The first-order valence-corrected chi connectivity index (χ1v) is 11.6. The number of aliphatic hydroxyl groups excluding tert-OH is 3. The third kappa shape index (κ3) is 3.80. The Bertz CT molecular complexity index is 1370. The Balaban J connectivity index is 1.67. The van der Waals surface area contributed by atoms with Crippen LogP contribution in [0.25, 0.3) is 0 Å². The molecule has 0 bridgehead atoms. The lowest BCUT2D eigenvalue weighted by Crippen LogP contribution is -2.65. The second kappa shape index (κ2) is 9.08. The molecule has 11 nitrogen and oxygen atoms in total. The van der Waals surface area contributed by atoms with E-state index in [-0.39, 0.29) is 11.1 Å². The number of hydrogen-bond donors (Lipinski definition) is 7. The van der Waals surface area contributed by atoms with Crippen molar-refractivity contribution in [2.24, 2.45) is 0 Å². The van der Waals surface area contributed by atoms with Crippen molar-refractivity contribution in [1.82, 2.24) is 0 Å². The van der Waals surface area contributed by atoms with Crippen molar-refractivity contribution in [2.45, 2.75) is 43.2 Å². The number of esters is 1. The normalized spacial score (nSPS) is 28.3. The van der Waals surface area contributed by atoms with E-state index >= 15 is 0 Å². The Hall–Kier alpha value is -4.00. The van der Waals surface area contributed by atoms with E-state index in [2.05, 4.69) is 0 Å². The molecule has 0 aromatic heterocycles. The molecule has 1 aliphatic heterocycles. The molecule has 198 valence electrons. The van der Waals surface area contributed by atoms with Gasteiger partial charge in [-0.1, -0.05) is 24.3 Å². The first kappa shape index (κ1) is 25.6. The van der Waals surface area contributed by atoms with Gasteiger partial charge in [0.25, 0.3) is 0 Å². The highest BCUT2D eigenvalue weighted by Crippen LogP contribution is 2.51. The van der Waals surface area contributed by atoms with Crippen LogP contribution in [-0.2, 0) is 15.1 Å². The molecular formula is C27H24O11. The molecule has 1 heterocycles. The topological polar surface area (TPSA) is 194 Å². The molecule has 0 amide bonds. The molecule has 38 heavy (non-hydrogen) atoms. The molecule has 2 aliphatic rings. The Morgan fingerprint density at radius 2 is 1.47 bits per heavy atom. The highest BCUT2D eigenvalue weighted by molar-refractivity contribution is 6.16. The average Bonchev–Trinajstić information content (AvgIpc) is 2.87. The van der Waals surface area contributed by atoms with Crippen LogP contribution in [0, 0.1) is 6.92 Å². The number of fused-ring (bicyclic) bond motifs is 2. The molecule has 1 fully saturated rings. The summed E-state index contributed by atoms with van der Waals surface area (Å²) in [5.41, 5.74) is -3.72. The molecule has 3 aromatic rings. The quantitative estimate of drug-likeness (QED) is 0.237. The number of phenols is 3. The number of benzene rings is 3. The standard InChI is InChI=1S/C27H24O11/c1-11-7-14-18(16(29)8-11)20(31)19-15(9-13(28)10-17(19)30)27(14,36)24-22(33)21(32)23(34)26(37-24)38-25(35)12-5-3-2-4-6-12/h2-10,21-24,26,28-30,32-34,36H,1H3/t21-,22-,23-,24-,26+,27+/m1/s1. The highest BCUT2D eigenvalue weighted by Gasteiger charge is 2.59. The van der Waals surface area contributed by atoms with Crippen molar-refractivity contribution in [3.8, 4) is 17.2 Å². The smallest absolute Gasteiger partial charge is 0.340 e. The molecule has 1 aliphatic carbocycles. The Kier molecular flexibility index (Phi) is 6.13. The van der Waals surface area contributed by atoms with Crippen molar-refractivity contribution in [1.29, 1.82) is 0 Å². The first-order valence-electron chi connectivity index (χ1n) is 11.6. The Labute approximate surface area is 215 Å². The van der Waals surface area contributed by atoms with Gasteiger partial charge in [0, 0.05) is 17.2 Å². The summed E-state index contributed by atoms with van der Waals surface area (Å²) in [6, 6.07) is 12.1. The number of aliphatic hydroxyl groups is 4. The second-order valence-corrected chi connectivity index (χ2v) is 9.36. The maximum absolute atomic E-state index is 13.3. The van der Waals surface area contributed by atoms with E-state index in [0.29, 0.717) is 5.56 Å². The van der Waals surface area contributed by atoms with Gasteiger partial charge >= 0.3 is 5.97 Å². The van der Waals surface area contributed by atoms with Crippen LogP contribution in [0.1, 0.15) is 43.0 Å². The van der Waals surface area contributed by atoms with E-state index in [4.69, 9.17) is 9.47 Å². The van der Waals surface area contributed by atoms with E-state index in [0.717, 1.165) is 12.1 Å². The SMILES string of the molecule is Cc1cc(O)c2c(c1)[C@@](O)([C@@H]1O[C@@H](OC(=O)c3ccccc3)[C@H](O)[C@H](O)[C@H]1O)c1cc(O)cc(O)c1C2=O. The second-order valence-electron chi connectivity index (χ2n) is 9.36. The fourth-order valence-corrected chi connectivity index (χ4v) is 5.07. The van der Waals surface area contributed by atoms with Gasteiger partial charge in [0.15, 0.2) is 0 Å². The number of phenolic OH excluding ortho intramolecular Hbond substituents is 3. The summed E-state index contributed by atoms with van der Waals surface area (Å²) in [7, 11) is 0. The van der Waals surface area contributed by atoms with Crippen LogP contribution >= 0.6 is 0 Å². The maximum Gasteiger partial charge on any atom is 0.340 e. The van der Waals surface area contributed by atoms with E-state index in [1.54, 1.807) is 25.1 Å². The van der Waals surface area contributed by atoms with Gasteiger partial charge < -0.3 is 45.2 Å². The van der Waals surface area contributed by atoms with Gasteiger partial charge in [-0.3, -0.25) is 4.79 Å². The molecule has 7 N–H and O–H groups in total. The van der Waals surface area contributed by atoms with Gasteiger partial charge in [0.1, 0.15) is 47.3 Å². The van der Waals surface area contributed by atoms with E-state index in [9.17, 15) is 45.3 Å². The zero-order valence-corrected chi connectivity index (χ0v) is 19.8. The maximum atomic E-state index is 13.3. The van der Waals surface area contributed by atoms with E-state index < -0.39 is 82.0 Å². The van der Waals surface area contributed by atoms with Crippen molar-refractivity contribution in [3.63, 3.8) is 0 Å². The summed E-state index contributed by atoms with van der Waals surface area (Å²) < 4.78 is 11.0. The van der Waals surface area contributed by atoms with E-state index in [1.165, 1.54) is 24.3 Å². The van der Waals surface area contributed by atoms with Crippen LogP contribution in [-0.4, -0.2) is 78.2 Å². The molecule has 6 atom stereocenters. The summed E-state index contributed by atoms with van der Waals surface area (Å²) in [5, 5.41) is 75.8. The largest absolute Gasteiger partial charge is 0.508 e. The predicted molar refractivity (Wildman–Crippen MR) is 128 cm³/mol. The number of ketones is 1. The minimum atomic E-state index is -2.61. The van der Waals surface area contributed by atoms with Crippen molar-refractivity contribution in [3.05, 3.63) is 88.0 Å². The third-order valence-electron chi connectivity index (χ3n) is 6.85. The molecule has 5 rings (SSSR count). The van der Waals surface area contributed by atoms with E-state index in [1.807, 2.05) is 0 Å². The lowest BCUT2D eigenvalue weighted by Gasteiger charge is -2.48. The highest BCUT2D eigenvalue weighted by atomic mass is 16.7. The number of rotatable bonds is 3. The molecule has 0 radical (unpaired) electrons. The number of carbonyl (C=O) groups is 2. The summed E-state index contributed by atoms with van der Waals surface area (Å²) in [6.07, 6.45) is -9.83. The first-order chi connectivity index (χ1) is 17.9. The number of aryl methyl sites for hydroxylation is 1. The zero-order chi connectivity index (χ0) is 27.5. The van der Waals surface area contributed by atoms with Gasteiger partial charge in [-0.15, -0.1) is 0 Å². The summed E-state index contributed by atoms with van der Waals surface area (Å²) in [6.45, 7) is 1.56. The van der Waals surface area contributed by atoms with Gasteiger partial charge in [0.2, 0.25) is 12.1 Å². The molecule has 11 heteroatoms. The van der Waals surface area contributed by atoms with Crippen LogP contribution in [0.4, 0.5) is 0 Å². The molecule has 0 spiro atoms. The number of hydrogen-bond acceptors (Lipinski definition) is 11. The number of carbonyl (C=O) groups excluding carboxylic acids is 2. The van der Waals surface area contributed by atoms with Crippen molar-refractivity contribution >= 4 is 11.8 Å². The van der Waals surface area contributed by atoms with Crippen LogP contribution < -0.4 is 0 Å². The fourth-order valence-electron chi connectivity index (χ4n) is 5.07. The molecule has 0 saturated carbocycles. The predicted octanol–water partition coefficient (Wildman–Crippen LogP) is 0.557. The monoisotopic (exact) mass is 524 g/mol. The Morgan fingerprint density at radius 1 is 0.868 bits per heavy atom. The average molecular weight is 524 g/mol. The van der Waals surface area contributed by atoms with Gasteiger partial charge in [-0.25, -0.2) is 4.79 Å². The fraction of sp³-hybridized carbons (Fsp3) is 0.259. The zero-order valence-electron chi connectivity index (χ0n) is 19.8. The van der Waals surface area contributed by atoms with Crippen molar-refractivity contribution in [2.75, 3.05) is 0 Å². The van der Waals surface area contributed by atoms with Gasteiger partial charge in [-0.2, -0.15) is 0 Å². The minimum absolute atomic E-state index is 0.0912. The van der Waals surface area contributed by atoms with Crippen LogP contribution in [0.3, 0.4) is 0 Å². The molecular weight excluding hydrogens is 500 g/mol. The van der Waals surface area contributed by atoms with Crippen LogP contribution in [0.5, 0.6) is 17.2 Å².